The molecule has 2 rings (SSSR count). The summed E-state index contributed by atoms with van der Waals surface area (Å²) in [6.07, 6.45) is 0. The summed E-state index contributed by atoms with van der Waals surface area (Å²) in [5, 5.41) is 6.52. The van der Waals surface area contributed by atoms with Crippen molar-refractivity contribution in [3.05, 3.63) is 46.8 Å². The summed E-state index contributed by atoms with van der Waals surface area (Å²) in [6.45, 7) is 4.03. The van der Waals surface area contributed by atoms with Gasteiger partial charge in [0.25, 0.3) is 5.91 Å². The lowest BCUT2D eigenvalue weighted by atomic mass is 10.1. The molecule has 0 aliphatic rings. The van der Waals surface area contributed by atoms with Crippen molar-refractivity contribution >= 4 is 11.6 Å². The van der Waals surface area contributed by atoms with Crippen LogP contribution in [0.1, 0.15) is 27.4 Å². The number of nitrogens with two attached hydrogens (primary N) is 1. The molecule has 0 aliphatic heterocycles. The lowest BCUT2D eigenvalue weighted by Gasteiger charge is -2.09. The van der Waals surface area contributed by atoms with Crippen LogP contribution in [0.4, 0.5) is 5.69 Å². The van der Waals surface area contributed by atoms with Gasteiger partial charge in [-0.2, -0.15) is 0 Å². The number of anilines is 1. The maximum atomic E-state index is 12.1. The minimum absolute atomic E-state index is 0.217. The molecule has 1 amide bonds. The van der Waals surface area contributed by atoms with Gasteiger partial charge >= 0.3 is 0 Å². The summed E-state index contributed by atoms with van der Waals surface area (Å²) in [4.78, 5) is 12.1. The molecule has 0 radical (unpaired) electrons. The van der Waals surface area contributed by atoms with E-state index in [1.165, 1.54) is 0 Å². The molecule has 0 aliphatic carbocycles. The van der Waals surface area contributed by atoms with Crippen LogP contribution in [0.5, 0.6) is 0 Å². The van der Waals surface area contributed by atoms with E-state index in [0.29, 0.717) is 17.0 Å². The molecule has 1 aromatic heterocycles. The first kappa shape index (κ1) is 13.1. The fraction of sp³-hybridized carbons (Fsp3) is 0.231. The van der Waals surface area contributed by atoms with Crippen LogP contribution in [0.3, 0.4) is 0 Å². The summed E-state index contributed by atoms with van der Waals surface area (Å²) in [5.41, 5.74) is 5.36. The van der Waals surface area contributed by atoms with Gasteiger partial charge in [-0.3, -0.25) is 10.6 Å². The molecule has 0 fully saturated rings. The van der Waals surface area contributed by atoms with Gasteiger partial charge < -0.3 is 15.3 Å². The molecule has 0 unspecified atom stereocenters. The minimum Gasteiger partial charge on any atom is -0.359 e. The standard InChI is InChI=1S/C13H16N4O2/c1-8-3-4-12(16-14)11(5-8)13(18)15-7-10-6-9(2)17-19-10/h3-6,16H,7,14H2,1-2H3,(H,15,18). The van der Waals surface area contributed by atoms with Crippen molar-refractivity contribution in [2.45, 2.75) is 20.4 Å². The molecule has 100 valence electrons. The van der Waals surface area contributed by atoms with Crippen molar-refractivity contribution in [3.8, 4) is 0 Å². The van der Waals surface area contributed by atoms with E-state index in [-0.39, 0.29) is 12.5 Å². The Labute approximate surface area is 110 Å². The van der Waals surface area contributed by atoms with Crippen molar-refractivity contribution in [2.75, 3.05) is 5.43 Å². The number of nitrogens with zero attached hydrogens (tertiary/aromatic N) is 1. The zero-order valence-corrected chi connectivity index (χ0v) is 10.9. The highest BCUT2D eigenvalue weighted by atomic mass is 16.5. The average Bonchev–Trinajstić information content (AvgIpc) is 2.81. The van der Waals surface area contributed by atoms with Crippen molar-refractivity contribution in [3.63, 3.8) is 0 Å². The maximum Gasteiger partial charge on any atom is 0.253 e. The Kier molecular flexibility index (Phi) is 3.82. The van der Waals surface area contributed by atoms with E-state index in [2.05, 4.69) is 15.9 Å². The number of hydrogen-bond acceptors (Lipinski definition) is 5. The van der Waals surface area contributed by atoms with Gasteiger partial charge in [0.15, 0.2) is 5.76 Å². The number of nitrogen functional groups attached to an aromatic ring is 1. The normalized spacial score (nSPS) is 10.3. The molecule has 0 atom stereocenters. The van der Waals surface area contributed by atoms with Gasteiger partial charge in [-0.1, -0.05) is 16.8 Å². The Balaban J connectivity index is 2.09. The van der Waals surface area contributed by atoms with E-state index in [4.69, 9.17) is 10.4 Å². The van der Waals surface area contributed by atoms with E-state index < -0.39 is 0 Å². The third kappa shape index (κ3) is 3.11. The van der Waals surface area contributed by atoms with E-state index in [1.54, 1.807) is 18.2 Å². The second-order valence-electron chi connectivity index (χ2n) is 4.31. The molecule has 0 saturated carbocycles. The molecule has 2 aromatic rings. The van der Waals surface area contributed by atoms with Crippen molar-refractivity contribution in [1.29, 1.82) is 0 Å². The number of hydrazine groups is 1. The van der Waals surface area contributed by atoms with Crippen LogP contribution in [0.2, 0.25) is 0 Å². The fourth-order valence-electron chi connectivity index (χ4n) is 1.73. The fourth-order valence-corrected chi connectivity index (χ4v) is 1.73. The van der Waals surface area contributed by atoms with Gasteiger partial charge in [-0.15, -0.1) is 0 Å². The van der Waals surface area contributed by atoms with E-state index >= 15 is 0 Å². The first-order chi connectivity index (χ1) is 9.10. The van der Waals surface area contributed by atoms with Crippen molar-refractivity contribution < 1.29 is 9.32 Å². The SMILES string of the molecule is Cc1ccc(NN)c(C(=O)NCc2cc(C)no2)c1. The number of hydrogen-bond donors (Lipinski definition) is 3. The molecule has 4 N–H and O–H groups in total. The van der Waals surface area contributed by atoms with Crippen molar-refractivity contribution in [1.82, 2.24) is 10.5 Å². The first-order valence-corrected chi connectivity index (χ1v) is 5.88. The Morgan fingerprint density at radius 2 is 2.16 bits per heavy atom. The van der Waals surface area contributed by atoms with Gasteiger partial charge in [0, 0.05) is 6.07 Å². The maximum absolute atomic E-state index is 12.1. The van der Waals surface area contributed by atoms with Crippen LogP contribution in [-0.4, -0.2) is 11.1 Å². The number of benzene rings is 1. The summed E-state index contributed by atoms with van der Waals surface area (Å²) in [5.74, 6) is 5.79. The third-order valence-corrected chi connectivity index (χ3v) is 2.68. The summed E-state index contributed by atoms with van der Waals surface area (Å²) >= 11 is 0. The highest BCUT2D eigenvalue weighted by molar-refractivity contribution is 5.99. The molecule has 0 bridgehead atoms. The number of carbonyl (C=O) groups excluding carboxylic acids is 1. The topological polar surface area (TPSA) is 93.2 Å². The second kappa shape index (κ2) is 5.53. The van der Waals surface area contributed by atoms with Crippen LogP contribution >= 0.6 is 0 Å². The average molecular weight is 260 g/mol. The van der Waals surface area contributed by atoms with Crippen LogP contribution < -0.4 is 16.6 Å². The Bertz CT molecular complexity index is 592. The van der Waals surface area contributed by atoms with Crippen LogP contribution in [0, 0.1) is 13.8 Å². The highest BCUT2D eigenvalue weighted by Crippen LogP contribution is 2.16. The summed E-state index contributed by atoms with van der Waals surface area (Å²) in [7, 11) is 0. The number of aryl methyl sites for hydroxylation is 2. The summed E-state index contributed by atoms with van der Waals surface area (Å²) < 4.78 is 5.03. The van der Waals surface area contributed by atoms with E-state index in [0.717, 1.165) is 11.3 Å². The first-order valence-electron chi connectivity index (χ1n) is 5.88. The quantitative estimate of drug-likeness (QED) is 0.572. The third-order valence-electron chi connectivity index (χ3n) is 2.68. The number of rotatable bonds is 4. The second-order valence-corrected chi connectivity index (χ2v) is 4.31. The van der Waals surface area contributed by atoms with Crippen molar-refractivity contribution in [2.24, 2.45) is 5.84 Å². The van der Waals surface area contributed by atoms with Gasteiger partial charge in [0.05, 0.1) is 23.5 Å². The zero-order valence-electron chi connectivity index (χ0n) is 10.9. The lowest BCUT2D eigenvalue weighted by molar-refractivity contribution is 0.0947. The number of carbonyl (C=O) groups is 1. The summed E-state index contributed by atoms with van der Waals surface area (Å²) in [6, 6.07) is 7.20. The number of amides is 1. The number of aromatic nitrogens is 1. The largest absolute Gasteiger partial charge is 0.359 e. The predicted octanol–water partition coefficient (Wildman–Crippen LogP) is 1.51. The lowest BCUT2D eigenvalue weighted by Crippen LogP contribution is -2.24. The smallest absolute Gasteiger partial charge is 0.253 e. The molecule has 6 heteroatoms. The monoisotopic (exact) mass is 260 g/mol. The molecule has 0 spiro atoms. The molecule has 1 aromatic carbocycles. The highest BCUT2D eigenvalue weighted by Gasteiger charge is 2.12. The predicted molar refractivity (Wildman–Crippen MR) is 71.4 cm³/mol. The molecule has 0 saturated heterocycles. The van der Waals surface area contributed by atoms with Crippen LogP contribution in [0.15, 0.2) is 28.8 Å². The van der Waals surface area contributed by atoms with E-state index in [9.17, 15) is 4.79 Å². The molecule has 1 heterocycles. The van der Waals surface area contributed by atoms with Gasteiger partial charge in [-0.05, 0) is 26.0 Å². The Morgan fingerprint density at radius 1 is 1.37 bits per heavy atom. The number of nitrogens with one attached hydrogen (secondary N) is 2. The molecule has 6 nitrogen and oxygen atoms in total. The van der Waals surface area contributed by atoms with Crippen LogP contribution in [0.25, 0.3) is 0 Å². The van der Waals surface area contributed by atoms with Gasteiger partial charge in [0.1, 0.15) is 0 Å². The van der Waals surface area contributed by atoms with Gasteiger partial charge in [-0.25, -0.2) is 0 Å². The Hall–Kier alpha value is -2.34. The van der Waals surface area contributed by atoms with E-state index in [1.807, 2.05) is 19.9 Å². The zero-order chi connectivity index (χ0) is 13.8. The molecular formula is C13H16N4O2. The molecular weight excluding hydrogens is 244 g/mol. The minimum atomic E-state index is -0.217. The van der Waals surface area contributed by atoms with Gasteiger partial charge in [0.2, 0.25) is 0 Å². The molecule has 19 heavy (non-hydrogen) atoms. The van der Waals surface area contributed by atoms with Crippen LogP contribution in [-0.2, 0) is 6.54 Å². The Morgan fingerprint density at radius 3 is 2.79 bits per heavy atom.